The third-order valence-corrected chi connectivity index (χ3v) is 3.05. The normalized spacial score (nSPS) is 12.2. The van der Waals surface area contributed by atoms with Crippen LogP contribution in [0.25, 0.3) is 0 Å². The summed E-state index contributed by atoms with van der Waals surface area (Å²) in [5, 5.41) is 3.24. The van der Waals surface area contributed by atoms with Crippen LogP contribution in [0.4, 0.5) is 10.2 Å². The largest absolute Gasteiger partial charge is 0.369 e. The average Bonchev–Trinajstić information content (AvgIpc) is 2.41. The molecule has 0 saturated heterocycles. The lowest BCUT2D eigenvalue weighted by atomic mass is 10.1. The number of hydrogen-bond donors (Lipinski definition) is 1. The molecule has 1 heterocycles. The molecule has 3 nitrogen and oxygen atoms in total. The molecule has 0 aliphatic carbocycles. The smallest absolute Gasteiger partial charge is 0.140 e. The standard InChI is InChI=1S/C15H18FN3/c1-11-14(12(2)16)18-10-19-15(11)17-9-8-13-6-4-3-5-7-13/h3-7,10,12H,8-9H2,1-2H3,(H,17,18,19). The quantitative estimate of drug-likeness (QED) is 0.893. The molecule has 1 aromatic heterocycles. The maximum Gasteiger partial charge on any atom is 0.140 e. The molecule has 0 aliphatic heterocycles. The Balaban J connectivity index is 1.98. The predicted molar refractivity (Wildman–Crippen MR) is 74.9 cm³/mol. The van der Waals surface area contributed by atoms with E-state index in [4.69, 9.17) is 0 Å². The van der Waals surface area contributed by atoms with E-state index < -0.39 is 6.17 Å². The summed E-state index contributed by atoms with van der Waals surface area (Å²) in [6.45, 7) is 4.10. The van der Waals surface area contributed by atoms with E-state index in [0.717, 1.165) is 18.5 Å². The molecular weight excluding hydrogens is 241 g/mol. The number of anilines is 1. The van der Waals surface area contributed by atoms with Crippen molar-refractivity contribution in [3.8, 4) is 0 Å². The molecule has 0 aliphatic rings. The number of halogens is 1. The second-order valence-corrected chi connectivity index (χ2v) is 4.51. The molecular formula is C15H18FN3. The Morgan fingerprint density at radius 3 is 2.63 bits per heavy atom. The first-order chi connectivity index (χ1) is 9.18. The number of hydrogen-bond acceptors (Lipinski definition) is 3. The Hall–Kier alpha value is -1.97. The molecule has 0 fully saturated rings. The summed E-state index contributed by atoms with van der Waals surface area (Å²) < 4.78 is 13.3. The van der Waals surface area contributed by atoms with Crippen molar-refractivity contribution in [1.29, 1.82) is 0 Å². The lowest BCUT2D eigenvalue weighted by molar-refractivity contribution is 0.364. The van der Waals surface area contributed by atoms with Gasteiger partial charge in [0.2, 0.25) is 0 Å². The van der Waals surface area contributed by atoms with Crippen molar-refractivity contribution in [3.63, 3.8) is 0 Å². The maximum atomic E-state index is 13.3. The lowest BCUT2D eigenvalue weighted by Gasteiger charge is -2.11. The van der Waals surface area contributed by atoms with Crippen LogP contribution in [0.2, 0.25) is 0 Å². The van der Waals surface area contributed by atoms with E-state index in [1.54, 1.807) is 0 Å². The zero-order valence-electron chi connectivity index (χ0n) is 11.2. The lowest BCUT2D eigenvalue weighted by Crippen LogP contribution is -2.10. The molecule has 0 saturated carbocycles. The van der Waals surface area contributed by atoms with Gasteiger partial charge < -0.3 is 5.32 Å². The van der Waals surface area contributed by atoms with E-state index in [9.17, 15) is 4.39 Å². The minimum atomic E-state index is -1.07. The minimum absolute atomic E-state index is 0.456. The maximum absolute atomic E-state index is 13.3. The highest BCUT2D eigenvalue weighted by Gasteiger charge is 2.12. The third kappa shape index (κ3) is 3.50. The van der Waals surface area contributed by atoms with E-state index in [-0.39, 0.29) is 0 Å². The van der Waals surface area contributed by atoms with Gasteiger partial charge in [0.05, 0.1) is 5.69 Å². The molecule has 4 heteroatoms. The minimum Gasteiger partial charge on any atom is -0.369 e. The summed E-state index contributed by atoms with van der Waals surface area (Å²) >= 11 is 0. The average molecular weight is 259 g/mol. The van der Waals surface area contributed by atoms with E-state index in [1.165, 1.54) is 18.8 Å². The molecule has 0 amide bonds. The molecule has 2 aromatic rings. The van der Waals surface area contributed by atoms with Gasteiger partial charge in [0.1, 0.15) is 18.3 Å². The molecule has 0 bridgehead atoms. The van der Waals surface area contributed by atoms with E-state index in [1.807, 2.05) is 25.1 Å². The van der Waals surface area contributed by atoms with Crippen molar-refractivity contribution >= 4 is 5.82 Å². The van der Waals surface area contributed by atoms with Crippen LogP contribution in [0, 0.1) is 6.92 Å². The number of benzene rings is 1. The Morgan fingerprint density at radius 2 is 1.95 bits per heavy atom. The number of rotatable bonds is 5. The second-order valence-electron chi connectivity index (χ2n) is 4.51. The van der Waals surface area contributed by atoms with Crippen LogP contribution in [0.5, 0.6) is 0 Å². The van der Waals surface area contributed by atoms with Crippen LogP contribution in [-0.4, -0.2) is 16.5 Å². The molecule has 0 spiro atoms. The fourth-order valence-corrected chi connectivity index (χ4v) is 2.01. The van der Waals surface area contributed by atoms with Gasteiger partial charge in [-0.3, -0.25) is 0 Å². The highest BCUT2D eigenvalue weighted by Crippen LogP contribution is 2.22. The highest BCUT2D eigenvalue weighted by atomic mass is 19.1. The van der Waals surface area contributed by atoms with Crippen molar-refractivity contribution in [2.24, 2.45) is 0 Å². The van der Waals surface area contributed by atoms with E-state index in [0.29, 0.717) is 11.5 Å². The number of alkyl halides is 1. The molecule has 2 rings (SSSR count). The Labute approximate surface area is 112 Å². The van der Waals surface area contributed by atoms with Gasteiger partial charge in [-0.1, -0.05) is 30.3 Å². The topological polar surface area (TPSA) is 37.8 Å². The van der Waals surface area contributed by atoms with Crippen molar-refractivity contribution in [2.75, 3.05) is 11.9 Å². The molecule has 100 valence electrons. The van der Waals surface area contributed by atoms with Crippen molar-refractivity contribution in [2.45, 2.75) is 26.4 Å². The summed E-state index contributed by atoms with van der Waals surface area (Å²) in [4.78, 5) is 8.14. The summed E-state index contributed by atoms with van der Waals surface area (Å²) in [5.74, 6) is 0.713. The molecule has 19 heavy (non-hydrogen) atoms. The van der Waals surface area contributed by atoms with Crippen LogP contribution in [0.1, 0.15) is 29.9 Å². The molecule has 1 atom stereocenters. The number of nitrogens with zero attached hydrogens (tertiary/aromatic N) is 2. The van der Waals surface area contributed by atoms with Gasteiger partial charge in [-0.05, 0) is 25.8 Å². The van der Waals surface area contributed by atoms with Crippen LogP contribution in [0.3, 0.4) is 0 Å². The van der Waals surface area contributed by atoms with E-state index in [2.05, 4.69) is 27.4 Å². The first kappa shape index (κ1) is 13.5. The van der Waals surface area contributed by atoms with Crippen LogP contribution in [-0.2, 0) is 6.42 Å². The SMILES string of the molecule is Cc1c(NCCc2ccccc2)ncnc1C(C)F. The second kappa shape index (κ2) is 6.27. The first-order valence-electron chi connectivity index (χ1n) is 6.42. The molecule has 1 N–H and O–H groups in total. The van der Waals surface area contributed by atoms with Gasteiger partial charge in [0.15, 0.2) is 0 Å². The molecule has 1 unspecified atom stereocenters. The Morgan fingerprint density at radius 1 is 1.21 bits per heavy atom. The van der Waals surface area contributed by atoms with Gasteiger partial charge >= 0.3 is 0 Å². The van der Waals surface area contributed by atoms with E-state index >= 15 is 0 Å². The van der Waals surface area contributed by atoms with Crippen molar-refractivity contribution < 1.29 is 4.39 Å². The Bertz CT molecular complexity index is 526. The summed E-state index contributed by atoms with van der Waals surface area (Å²) in [7, 11) is 0. The number of nitrogens with one attached hydrogen (secondary N) is 1. The van der Waals surface area contributed by atoms with Gasteiger partial charge in [0.25, 0.3) is 0 Å². The predicted octanol–water partition coefficient (Wildman–Crippen LogP) is 3.47. The summed E-state index contributed by atoms with van der Waals surface area (Å²) in [6.07, 6.45) is 1.24. The van der Waals surface area contributed by atoms with Gasteiger partial charge in [-0.15, -0.1) is 0 Å². The fourth-order valence-electron chi connectivity index (χ4n) is 2.01. The summed E-state index contributed by atoms with van der Waals surface area (Å²) in [5.41, 5.74) is 2.50. The van der Waals surface area contributed by atoms with Gasteiger partial charge in [-0.25, -0.2) is 14.4 Å². The Kier molecular flexibility index (Phi) is 4.44. The summed E-state index contributed by atoms with van der Waals surface area (Å²) in [6, 6.07) is 10.2. The van der Waals surface area contributed by atoms with Crippen molar-refractivity contribution in [3.05, 3.63) is 53.5 Å². The molecule has 0 radical (unpaired) electrons. The zero-order chi connectivity index (χ0) is 13.7. The van der Waals surface area contributed by atoms with Crippen molar-refractivity contribution in [1.82, 2.24) is 9.97 Å². The number of aromatic nitrogens is 2. The monoisotopic (exact) mass is 259 g/mol. The van der Waals surface area contributed by atoms with Crippen LogP contribution < -0.4 is 5.32 Å². The fraction of sp³-hybridized carbons (Fsp3) is 0.333. The van der Waals surface area contributed by atoms with Gasteiger partial charge in [-0.2, -0.15) is 0 Å². The van der Waals surface area contributed by atoms with Gasteiger partial charge in [0, 0.05) is 12.1 Å². The highest BCUT2D eigenvalue weighted by molar-refractivity contribution is 5.45. The zero-order valence-corrected chi connectivity index (χ0v) is 11.2. The van der Waals surface area contributed by atoms with Crippen LogP contribution >= 0.6 is 0 Å². The van der Waals surface area contributed by atoms with Crippen LogP contribution in [0.15, 0.2) is 36.7 Å². The third-order valence-electron chi connectivity index (χ3n) is 3.05. The molecule has 1 aromatic carbocycles. The first-order valence-corrected chi connectivity index (χ1v) is 6.42.